The van der Waals surface area contributed by atoms with Crippen molar-refractivity contribution in [1.82, 2.24) is 9.80 Å². The van der Waals surface area contributed by atoms with Crippen LogP contribution in [0, 0.1) is 11.8 Å². The number of β-amino-alcohol motifs (C(OH)–C–C–N with tert-alkyl or cyclic N) is 1. The second-order valence-corrected chi connectivity index (χ2v) is 5.71. The van der Waals surface area contributed by atoms with E-state index in [0.29, 0.717) is 19.5 Å². The smallest absolute Gasteiger partial charge is 0.307 e. The zero-order valence-electron chi connectivity index (χ0n) is 12.0. The van der Waals surface area contributed by atoms with Crippen molar-refractivity contribution in [2.24, 2.45) is 11.8 Å². The summed E-state index contributed by atoms with van der Waals surface area (Å²) in [6, 6.07) is -0.0408. The Morgan fingerprint density at radius 2 is 1.89 bits per heavy atom. The first-order valence-corrected chi connectivity index (χ1v) is 6.60. The number of amides is 1. The number of hydrogen-bond acceptors (Lipinski definition) is 4. The number of carboxylic acid groups (broad SMARTS) is 1. The second kappa shape index (κ2) is 6.34. The molecule has 1 rings (SSSR count). The molecule has 2 N–H and O–H groups in total. The molecule has 0 aromatic carbocycles. The van der Waals surface area contributed by atoms with Crippen LogP contribution in [0.1, 0.15) is 20.3 Å². The van der Waals surface area contributed by atoms with Gasteiger partial charge in [-0.2, -0.15) is 0 Å². The van der Waals surface area contributed by atoms with Crippen molar-refractivity contribution >= 4 is 11.9 Å². The van der Waals surface area contributed by atoms with E-state index in [1.165, 1.54) is 0 Å². The minimum absolute atomic E-state index is 0.0408. The molecule has 4 atom stereocenters. The van der Waals surface area contributed by atoms with Crippen LogP contribution in [0.25, 0.3) is 0 Å². The minimum Gasteiger partial charge on any atom is -0.481 e. The maximum absolute atomic E-state index is 12.4. The molecule has 1 heterocycles. The SMILES string of the molecule is CC(C(=O)O)C(C)C(=O)N1CC(O)CC1CN(C)C. The largest absolute Gasteiger partial charge is 0.481 e. The van der Waals surface area contributed by atoms with E-state index in [9.17, 15) is 14.7 Å². The summed E-state index contributed by atoms with van der Waals surface area (Å²) >= 11 is 0. The van der Waals surface area contributed by atoms with Crippen molar-refractivity contribution in [1.29, 1.82) is 0 Å². The fourth-order valence-corrected chi connectivity index (χ4v) is 2.45. The van der Waals surface area contributed by atoms with Gasteiger partial charge >= 0.3 is 5.97 Å². The molecule has 6 heteroatoms. The van der Waals surface area contributed by atoms with E-state index >= 15 is 0 Å². The van der Waals surface area contributed by atoms with Gasteiger partial charge in [-0.3, -0.25) is 9.59 Å². The molecular weight excluding hydrogens is 248 g/mol. The van der Waals surface area contributed by atoms with Crippen LogP contribution in [0.4, 0.5) is 0 Å². The van der Waals surface area contributed by atoms with Crippen molar-refractivity contribution in [3.63, 3.8) is 0 Å². The Morgan fingerprint density at radius 1 is 1.32 bits per heavy atom. The first-order valence-electron chi connectivity index (χ1n) is 6.60. The monoisotopic (exact) mass is 272 g/mol. The minimum atomic E-state index is -0.968. The Morgan fingerprint density at radius 3 is 2.37 bits per heavy atom. The van der Waals surface area contributed by atoms with Gasteiger partial charge < -0.3 is 20.0 Å². The standard InChI is InChI=1S/C13H24N2O4/c1-8(9(2)13(18)19)12(17)15-7-11(16)5-10(15)6-14(3)4/h8-11,16H,5-7H2,1-4H3,(H,18,19). The van der Waals surface area contributed by atoms with Crippen LogP contribution in [-0.4, -0.2) is 71.2 Å². The number of carbonyl (C=O) groups is 2. The van der Waals surface area contributed by atoms with Gasteiger partial charge in [-0.05, 0) is 20.5 Å². The first kappa shape index (κ1) is 15.9. The Bertz CT molecular complexity index is 346. The molecule has 0 bridgehead atoms. The highest BCUT2D eigenvalue weighted by Gasteiger charge is 2.38. The number of aliphatic carboxylic acids is 1. The number of likely N-dealkylation sites (N-methyl/N-ethyl adjacent to an activating group) is 1. The predicted molar refractivity (Wildman–Crippen MR) is 70.6 cm³/mol. The van der Waals surface area contributed by atoms with Gasteiger partial charge in [0, 0.05) is 25.0 Å². The molecule has 1 amide bonds. The second-order valence-electron chi connectivity index (χ2n) is 5.71. The average molecular weight is 272 g/mol. The molecule has 110 valence electrons. The number of aliphatic hydroxyl groups excluding tert-OH is 1. The summed E-state index contributed by atoms with van der Waals surface area (Å²) in [4.78, 5) is 26.9. The number of aliphatic hydroxyl groups is 1. The van der Waals surface area contributed by atoms with Gasteiger partial charge in [0.1, 0.15) is 0 Å². The van der Waals surface area contributed by atoms with Crippen molar-refractivity contribution in [2.75, 3.05) is 27.2 Å². The fourth-order valence-electron chi connectivity index (χ4n) is 2.45. The van der Waals surface area contributed by atoms with Crippen molar-refractivity contribution in [3.8, 4) is 0 Å². The van der Waals surface area contributed by atoms with Gasteiger partial charge in [0.05, 0.1) is 12.0 Å². The fraction of sp³-hybridized carbons (Fsp3) is 0.846. The summed E-state index contributed by atoms with van der Waals surface area (Å²) in [6.45, 7) is 4.15. The molecule has 1 saturated heterocycles. The van der Waals surface area contributed by atoms with Crippen LogP contribution in [0.5, 0.6) is 0 Å². The molecule has 1 aliphatic rings. The summed E-state index contributed by atoms with van der Waals surface area (Å²) in [6.07, 6.45) is 0.0409. The highest BCUT2D eigenvalue weighted by molar-refractivity contribution is 5.84. The lowest BCUT2D eigenvalue weighted by Crippen LogP contribution is -2.45. The van der Waals surface area contributed by atoms with Gasteiger partial charge in [-0.15, -0.1) is 0 Å². The lowest BCUT2D eigenvalue weighted by Gasteiger charge is -2.30. The van der Waals surface area contributed by atoms with Gasteiger partial charge in [-0.1, -0.05) is 13.8 Å². The third-order valence-corrected chi connectivity index (χ3v) is 3.78. The van der Waals surface area contributed by atoms with E-state index in [1.54, 1.807) is 18.7 Å². The van der Waals surface area contributed by atoms with E-state index in [4.69, 9.17) is 5.11 Å². The van der Waals surface area contributed by atoms with E-state index in [0.717, 1.165) is 0 Å². The van der Waals surface area contributed by atoms with Gasteiger partial charge in [0.15, 0.2) is 0 Å². The summed E-state index contributed by atoms with van der Waals surface area (Å²) in [7, 11) is 3.83. The van der Waals surface area contributed by atoms with Crippen molar-refractivity contribution in [2.45, 2.75) is 32.4 Å². The van der Waals surface area contributed by atoms with Crippen LogP contribution < -0.4 is 0 Å². The van der Waals surface area contributed by atoms with Gasteiger partial charge in [0.25, 0.3) is 0 Å². The molecule has 6 nitrogen and oxygen atoms in total. The summed E-state index contributed by atoms with van der Waals surface area (Å²) < 4.78 is 0. The lowest BCUT2D eigenvalue weighted by molar-refractivity contribution is -0.149. The predicted octanol–water partition coefficient (Wildman–Crippen LogP) is -0.133. The molecule has 4 unspecified atom stereocenters. The molecule has 0 spiro atoms. The first-order chi connectivity index (χ1) is 8.73. The van der Waals surface area contributed by atoms with E-state index in [2.05, 4.69) is 0 Å². The van der Waals surface area contributed by atoms with Crippen LogP contribution in [0.2, 0.25) is 0 Å². The number of carboxylic acids is 1. The molecule has 0 radical (unpaired) electrons. The molecule has 19 heavy (non-hydrogen) atoms. The molecule has 0 aliphatic carbocycles. The van der Waals surface area contributed by atoms with Crippen molar-refractivity contribution < 1.29 is 19.8 Å². The number of rotatable bonds is 5. The summed E-state index contributed by atoms with van der Waals surface area (Å²) in [5.41, 5.74) is 0. The quantitative estimate of drug-likeness (QED) is 0.728. The Hall–Kier alpha value is -1.14. The van der Waals surface area contributed by atoms with Crippen molar-refractivity contribution in [3.05, 3.63) is 0 Å². The molecule has 0 saturated carbocycles. The van der Waals surface area contributed by atoms with E-state index in [1.807, 2.05) is 19.0 Å². The molecule has 1 aliphatic heterocycles. The highest BCUT2D eigenvalue weighted by Crippen LogP contribution is 2.23. The van der Waals surface area contributed by atoms with Crippen LogP contribution in [0.3, 0.4) is 0 Å². The zero-order valence-corrected chi connectivity index (χ0v) is 12.0. The number of nitrogens with zero attached hydrogens (tertiary/aromatic N) is 2. The van der Waals surface area contributed by atoms with Crippen LogP contribution in [0.15, 0.2) is 0 Å². The summed E-state index contributed by atoms with van der Waals surface area (Å²) in [5, 5.41) is 18.7. The van der Waals surface area contributed by atoms with Gasteiger partial charge in [0.2, 0.25) is 5.91 Å². The van der Waals surface area contributed by atoms with E-state index in [-0.39, 0.29) is 11.9 Å². The number of hydrogen-bond donors (Lipinski definition) is 2. The number of carbonyl (C=O) groups excluding carboxylic acids is 1. The average Bonchev–Trinajstić information content (AvgIpc) is 2.66. The molecule has 0 aromatic heterocycles. The number of likely N-dealkylation sites (tertiary alicyclic amines) is 1. The van der Waals surface area contributed by atoms with Crippen LogP contribution >= 0.6 is 0 Å². The maximum atomic E-state index is 12.4. The highest BCUT2D eigenvalue weighted by atomic mass is 16.4. The topological polar surface area (TPSA) is 81.1 Å². The third kappa shape index (κ3) is 3.91. The Labute approximate surface area is 114 Å². The van der Waals surface area contributed by atoms with Crippen LogP contribution in [-0.2, 0) is 9.59 Å². The summed E-state index contributed by atoms with van der Waals surface area (Å²) in [5.74, 6) is -2.44. The van der Waals surface area contributed by atoms with E-state index < -0.39 is 23.9 Å². The Balaban J connectivity index is 2.75. The third-order valence-electron chi connectivity index (χ3n) is 3.78. The normalized spacial score (nSPS) is 26.5. The molecular formula is C13H24N2O4. The lowest BCUT2D eigenvalue weighted by atomic mass is 9.94. The molecule has 0 aromatic rings. The van der Waals surface area contributed by atoms with Gasteiger partial charge in [-0.25, -0.2) is 0 Å². The zero-order chi connectivity index (χ0) is 14.7. The molecule has 1 fully saturated rings. The Kier molecular flexibility index (Phi) is 5.31. The maximum Gasteiger partial charge on any atom is 0.307 e.